The Bertz CT molecular complexity index is 498. The molecule has 2 heteroatoms. The molecule has 0 saturated heterocycles. The van der Waals surface area contributed by atoms with Gasteiger partial charge in [0.1, 0.15) is 0 Å². The molecule has 2 atom stereocenters. The number of benzene rings is 1. The molecule has 0 aliphatic heterocycles. The summed E-state index contributed by atoms with van der Waals surface area (Å²) in [4.78, 5) is 0. The van der Waals surface area contributed by atoms with Crippen LogP contribution in [0, 0.1) is 17.8 Å². The molecule has 102 valence electrons. The second-order valence-electron chi connectivity index (χ2n) is 6.12. The van der Waals surface area contributed by atoms with Crippen molar-refractivity contribution in [3.05, 3.63) is 34.3 Å². The predicted octanol–water partition coefficient (Wildman–Crippen LogP) is 4.35. The third-order valence-electron chi connectivity index (χ3n) is 3.99. The molecule has 1 aliphatic rings. The first-order chi connectivity index (χ1) is 8.97. The Hall–Kier alpha value is -0.970. The number of hydrogen-bond donors (Lipinski definition) is 1. The smallest absolute Gasteiger partial charge is 0.0691 e. The van der Waals surface area contributed by atoms with Gasteiger partial charge in [-0.25, -0.2) is 0 Å². The average Bonchev–Trinajstić information content (AvgIpc) is 2.60. The predicted molar refractivity (Wildman–Crippen MR) is 82.3 cm³/mol. The second kappa shape index (κ2) is 5.57. The molecule has 0 aromatic heterocycles. The topological polar surface area (TPSA) is 12.0 Å². The van der Waals surface area contributed by atoms with Gasteiger partial charge in [0.25, 0.3) is 0 Å². The molecule has 0 heterocycles. The van der Waals surface area contributed by atoms with Crippen LogP contribution in [0.5, 0.6) is 0 Å². The summed E-state index contributed by atoms with van der Waals surface area (Å²) in [6.07, 6.45) is 8.81. The fourth-order valence-electron chi connectivity index (χ4n) is 3.03. The fourth-order valence-corrected chi connectivity index (χ4v) is 3.21. The molecule has 0 fully saturated rings. The first-order valence-corrected chi connectivity index (χ1v) is 7.36. The van der Waals surface area contributed by atoms with Crippen molar-refractivity contribution in [2.45, 2.75) is 52.1 Å². The third-order valence-corrected chi connectivity index (χ3v) is 4.23. The molecule has 1 aromatic carbocycles. The Morgan fingerprint density at radius 2 is 2.26 bits per heavy atom. The van der Waals surface area contributed by atoms with Crippen LogP contribution in [-0.4, -0.2) is 6.04 Å². The Morgan fingerprint density at radius 3 is 2.89 bits per heavy atom. The van der Waals surface area contributed by atoms with Crippen LogP contribution in [0.25, 0.3) is 0 Å². The maximum absolute atomic E-state index is 6.15. The van der Waals surface area contributed by atoms with E-state index in [0.29, 0.717) is 0 Å². The van der Waals surface area contributed by atoms with Gasteiger partial charge in [-0.2, -0.15) is 0 Å². The van der Waals surface area contributed by atoms with Gasteiger partial charge in [-0.1, -0.05) is 50.8 Å². The van der Waals surface area contributed by atoms with Crippen LogP contribution in [0.3, 0.4) is 0 Å². The summed E-state index contributed by atoms with van der Waals surface area (Å²) in [6.45, 7) is 6.74. The summed E-state index contributed by atoms with van der Waals surface area (Å²) in [7, 11) is 0. The first-order valence-electron chi connectivity index (χ1n) is 6.98. The van der Waals surface area contributed by atoms with Gasteiger partial charge in [0, 0.05) is 11.1 Å². The molecule has 1 nitrogen and oxygen atoms in total. The third kappa shape index (κ3) is 2.96. The molecule has 0 bridgehead atoms. The monoisotopic (exact) mass is 275 g/mol. The lowest BCUT2D eigenvalue weighted by Crippen LogP contribution is -2.37. The molecule has 1 aliphatic carbocycles. The van der Waals surface area contributed by atoms with E-state index in [4.69, 9.17) is 18.0 Å². The minimum atomic E-state index is 0.138. The highest BCUT2D eigenvalue weighted by molar-refractivity contribution is 6.30. The van der Waals surface area contributed by atoms with E-state index in [1.54, 1.807) is 0 Å². The summed E-state index contributed by atoms with van der Waals surface area (Å²) in [5.41, 5.74) is 2.88. The fraction of sp³-hybridized carbons (Fsp3) is 0.529. The number of terminal acetylenes is 1. The van der Waals surface area contributed by atoms with Crippen molar-refractivity contribution in [2.24, 2.45) is 5.41 Å². The van der Waals surface area contributed by atoms with Crippen molar-refractivity contribution in [3.63, 3.8) is 0 Å². The molecule has 0 amide bonds. The highest BCUT2D eigenvalue weighted by Gasteiger charge is 2.39. The van der Waals surface area contributed by atoms with Gasteiger partial charge in [-0.15, -0.1) is 6.42 Å². The van der Waals surface area contributed by atoms with Crippen LogP contribution >= 0.6 is 11.6 Å². The summed E-state index contributed by atoms with van der Waals surface area (Å²) in [5, 5.41) is 4.45. The van der Waals surface area contributed by atoms with Crippen LogP contribution < -0.4 is 5.32 Å². The Morgan fingerprint density at radius 1 is 1.53 bits per heavy atom. The number of nitrogens with one attached hydrogen (secondary N) is 1. The van der Waals surface area contributed by atoms with Gasteiger partial charge in [0.05, 0.1) is 6.04 Å². The van der Waals surface area contributed by atoms with E-state index in [0.717, 1.165) is 24.3 Å². The van der Waals surface area contributed by atoms with Crippen molar-refractivity contribution >= 4 is 11.6 Å². The summed E-state index contributed by atoms with van der Waals surface area (Å²) >= 11 is 6.15. The average molecular weight is 276 g/mol. The molecule has 0 saturated carbocycles. The number of rotatable bonds is 4. The SMILES string of the molecule is C#CC(CCC)NC1c2cc(Cl)ccc2CC1(C)C. The molecule has 1 aromatic rings. The van der Waals surface area contributed by atoms with Crippen molar-refractivity contribution < 1.29 is 0 Å². The van der Waals surface area contributed by atoms with Gasteiger partial charge >= 0.3 is 0 Å². The molecular weight excluding hydrogens is 254 g/mol. The van der Waals surface area contributed by atoms with E-state index in [9.17, 15) is 0 Å². The Labute approximate surface area is 121 Å². The minimum absolute atomic E-state index is 0.138. The highest BCUT2D eigenvalue weighted by Crippen LogP contribution is 2.46. The molecule has 1 N–H and O–H groups in total. The molecular formula is C17H22ClN. The quantitative estimate of drug-likeness (QED) is 0.806. The van der Waals surface area contributed by atoms with Crippen molar-refractivity contribution in [1.82, 2.24) is 5.32 Å². The van der Waals surface area contributed by atoms with Crippen LogP contribution in [-0.2, 0) is 6.42 Å². The lowest BCUT2D eigenvalue weighted by atomic mass is 9.85. The van der Waals surface area contributed by atoms with Crippen LogP contribution in [0.15, 0.2) is 18.2 Å². The zero-order chi connectivity index (χ0) is 14.0. The van der Waals surface area contributed by atoms with E-state index in [1.807, 2.05) is 6.07 Å². The van der Waals surface area contributed by atoms with Crippen LogP contribution in [0.2, 0.25) is 5.02 Å². The molecule has 0 radical (unpaired) electrons. The number of fused-ring (bicyclic) bond motifs is 1. The lowest BCUT2D eigenvalue weighted by Gasteiger charge is -2.31. The Kier molecular flexibility index (Phi) is 4.23. The van der Waals surface area contributed by atoms with E-state index < -0.39 is 0 Å². The number of halogens is 1. The first kappa shape index (κ1) is 14.4. The summed E-state index contributed by atoms with van der Waals surface area (Å²) in [6, 6.07) is 6.63. The summed E-state index contributed by atoms with van der Waals surface area (Å²) in [5.74, 6) is 2.87. The maximum atomic E-state index is 6.15. The molecule has 19 heavy (non-hydrogen) atoms. The van der Waals surface area contributed by atoms with E-state index in [-0.39, 0.29) is 17.5 Å². The van der Waals surface area contributed by atoms with Crippen LogP contribution in [0.4, 0.5) is 0 Å². The highest BCUT2D eigenvalue weighted by atomic mass is 35.5. The van der Waals surface area contributed by atoms with Gasteiger partial charge < -0.3 is 0 Å². The second-order valence-corrected chi connectivity index (χ2v) is 6.55. The van der Waals surface area contributed by atoms with Gasteiger partial charge in [0.2, 0.25) is 0 Å². The molecule has 0 spiro atoms. The van der Waals surface area contributed by atoms with Gasteiger partial charge in [-0.05, 0) is 41.5 Å². The van der Waals surface area contributed by atoms with Crippen molar-refractivity contribution in [1.29, 1.82) is 0 Å². The lowest BCUT2D eigenvalue weighted by molar-refractivity contribution is 0.257. The molecule has 2 rings (SSSR count). The van der Waals surface area contributed by atoms with Gasteiger partial charge in [0.15, 0.2) is 0 Å². The maximum Gasteiger partial charge on any atom is 0.0691 e. The summed E-state index contributed by atoms with van der Waals surface area (Å²) < 4.78 is 0. The Balaban J connectivity index is 2.29. The van der Waals surface area contributed by atoms with Gasteiger partial charge in [-0.3, -0.25) is 5.32 Å². The standard InChI is InChI=1S/C17H22ClN/c1-5-7-14(6-2)19-16-15-10-13(18)9-8-12(15)11-17(16,3)4/h2,8-10,14,16,19H,5,7,11H2,1,3-4H3. The zero-order valence-corrected chi connectivity index (χ0v) is 12.7. The van der Waals surface area contributed by atoms with Crippen molar-refractivity contribution in [2.75, 3.05) is 0 Å². The van der Waals surface area contributed by atoms with Crippen LogP contribution in [0.1, 0.15) is 50.8 Å². The molecule has 2 unspecified atom stereocenters. The normalized spacial score (nSPS) is 21.7. The van der Waals surface area contributed by atoms with E-state index in [2.05, 4.69) is 44.1 Å². The largest absolute Gasteiger partial charge is 0.296 e. The van der Waals surface area contributed by atoms with E-state index in [1.165, 1.54) is 11.1 Å². The minimum Gasteiger partial charge on any atom is -0.296 e. The number of hydrogen-bond acceptors (Lipinski definition) is 1. The van der Waals surface area contributed by atoms with E-state index >= 15 is 0 Å². The van der Waals surface area contributed by atoms with Crippen molar-refractivity contribution in [3.8, 4) is 12.3 Å². The zero-order valence-electron chi connectivity index (χ0n) is 12.0.